The minimum atomic E-state index is 0. The van der Waals surface area contributed by atoms with Gasteiger partial charge in [0.1, 0.15) is 11.5 Å². The quantitative estimate of drug-likeness (QED) is 0.348. The van der Waals surface area contributed by atoms with Crippen LogP contribution in [0.25, 0.3) is 22.3 Å². The van der Waals surface area contributed by atoms with E-state index in [0.29, 0.717) is 23.1 Å². The largest absolute Gasteiger partial charge is 0.467 e. The maximum absolute atomic E-state index is 6.10. The fourth-order valence-electron chi connectivity index (χ4n) is 3.07. The van der Waals surface area contributed by atoms with Crippen molar-refractivity contribution in [3.8, 4) is 22.3 Å². The topological polar surface area (TPSA) is 38.3 Å². The summed E-state index contributed by atoms with van der Waals surface area (Å²) in [6.07, 6.45) is 3.38. The Bertz CT molecular complexity index is 971. The van der Waals surface area contributed by atoms with Crippen molar-refractivity contribution in [3.05, 3.63) is 94.8 Å². The normalized spacial score (nSPS) is 10.6. The number of nitrogens with one attached hydrogen (secondary N) is 1. The van der Waals surface area contributed by atoms with Crippen molar-refractivity contribution in [1.82, 2.24) is 5.32 Å². The third-order valence-electron chi connectivity index (χ3n) is 4.33. The van der Waals surface area contributed by atoms with Crippen molar-refractivity contribution >= 4 is 35.6 Å². The molecule has 0 unspecified atom stereocenters. The van der Waals surface area contributed by atoms with Crippen LogP contribution in [-0.4, -0.2) is 0 Å². The summed E-state index contributed by atoms with van der Waals surface area (Å²) in [4.78, 5) is 0. The molecular formula is C22H18Cl3NO2. The number of halogens is 3. The van der Waals surface area contributed by atoms with Gasteiger partial charge in [0.15, 0.2) is 0 Å². The summed E-state index contributed by atoms with van der Waals surface area (Å²) in [5.41, 5.74) is 4.12. The Balaban J connectivity index is 0.00000225. The van der Waals surface area contributed by atoms with Gasteiger partial charge in [-0.15, -0.1) is 12.4 Å². The first-order valence-electron chi connectivity index (χ1n) is 8.56. The van der Waals surface area contributed by atoms with Crippen molar-refractivity contribution in [2.24, 2.45) is 0 Å². The fourth-order valence-corrected chi connectivity index (χ4v) is 3.45. The molecule has 0 atom stereocenters. The average Bonchev–Trinajstić information content (AvgIpc) is 3.31. The van der Waals surface area contributed by atoms with Crippen LogP contribution in [0.15, 0.2) is 82.0 Å². The number of benzene rings is 2. The zero-order chi connectivity index (χ0) is 18.6. The summed E-state index contributed by atoms with van der Waals surface area (Å²) in [5.74, 6) is 1.71. The molecule has 2 aromatic carbocycles. The second-order valence-corrected chi connectivity index (χ2v) is 7.01. The van der Waals surface area contributed by atoms with E-state index in [9.17, 15) is 0 Å². The van der Waals surface area contributed by atoms with Gasteiger partial charge in [-0.05, 0) is 47.5 Å². The van der Waals surface area contributed by atoms with Crippen LogP contribution in [0.3, 0.4) is 0 Å². The van der Waals surface area contributed by atoms with Crippen LogP contribution in [0.1, 0.15) is 11.5 Å². The molecule has 0 saturated carbocycles. The van der Waals surface area contributed by atoms with Crippen LogP contribution in [0.5, 0.6) is 0 Å². The van der Waals surface area contributed by atoms with E-state index in [1.807, 2.05) is 60.7 Å². The first-order valence-corrected chi connectivity index (χ1v) is 9.31. The maximum atomic E-state index is 6.10. The van der Waals surface area contributed by atoms with E-state index < -0.39 is 0 Å². The highest BCUT2D eigenvalue weighted by Crippen LogP contribution is 2.29. The van der Waals surface area contributed by atoms with E-state index in [4.69, 9.17) is 32.0 Å². The van der Waals surface area contributed by atoms with Gasteiger partial charge in [-0.25, -0.2) is 0 Å². The zero-order valence-corrected chi connectivity index (χ0v) is 17.2. The van der Waals surface area contributed by atoms with Gasteiger partial charge in [-0.1, -0.05) is 47.5 Å². The molecule has 28 heavy (non-hydrogen) atoms. The van der Waals surface area contributed by atoms with Gasteiger partial charge in [-0.2, -0.15) is 0 Å². The molecule has 0 saturated heterocycles. The van der Waals surface area contributed by atoms with Crippen LogP contribution >= 0.6 is 35.6 Å². The molecule has 0 bridgehead atoms. The Morgan fingerprint density at radius 1 is 0.679 bits per heavy atom. The standard InChI is InChI=1S/C22H17Cl2NO2.ClH/c23-17-5-1-3-15(11-17)19-7-9-26-21(19)13-25-14-22-20(8-10-27-22)16-4-2-6-18(24)12-16;/h1-12,25H,13-14H2;1H. The predicted octanol–water partition coefficient (Wildman–Crippen LogP) is 7.23. The minimum absolute atomic E-state index is 0. The van der Waals surface area contributed by atoms with Gasteiger partial charge in [0.05, 0.1) is 25.6 Å². The number of furan rings is 2. The average molecular weight is 435 g/mol. The molecular weight excluding hydrogens is 417 g/mol. The van der Waals surface area contributed by atoms with E-state index in [1.54, 1.807) is 12.5 Å². The Kier molecular flexibility index (Phi) is 6.87. The van der Waals surface area contributed by atoms with Crippen molar-refractivity contribution in [2.45, 2.75) is 13.1 Å². The van der Waals surface area contributed by atoms with Crippen molar-refractivity contribution in [2.75, 3.05) is 0 Å². The summed E-state index contributed by atoms with van der Waals surface area (Å²) < 4.78 is 11.3. The van der Waals surface area contributed by atoms with Crippen LogP contribution in [0, 0.1) is 0 Å². The molecule has 0 aliphatic rings. The monoisotopic (exact) mass is 433 g/mol. The van der Waals surface area contributed by atoms with Crippen molar-refractivity contribution in [1.29, 1.82) is 0 Å². The molecule has 0 spiro atoms. The van der Waals surface area contributed by atoms with E-state index in [1.165, 1.54) is 0 Å². The Morgan fingerprint density at radius 2 is 1.14 bits per heavy atom. The van der Waals surface area contributed by atoms with Crippen molar-refractivity contribution in [3.63, 3.8) is 0 Å². The Morgan fingerprint density at radius 3 is 1.57 bits per heavy atom. The molecule has 0 aliphatic heterocycles. The van der Waals surface area contributed by atoms with Gasteiger partial charge in [-0.3, -0.25) is 0 Å². The van der Waals surface area contributed by atoms with Crippen LogP contribution < -0.4 is 5.32 Å². The van der Waals surface area contributed by atoms with Crippen LogP contribution in [-0.2, 0) is 13.1 Å². The third-order valence-corrected chi connectivity index (χ3v) is 4.80. The lowest BCUT2D eigenvalue weighted by molar-refractivity contribution is 0.452. The molecule has 1 N–H and O–H groups in total. The summed E-state index contributed by atoms with van der Waals surface area (Å²) in [7, 11) is 0. The second kappa shape index (κ2) is 9.35. The highest BCUT2D eigenvalue weighted by molar-refractivity contribution is 6.31. The third kappa shape index (κ3) is 4.62. The summed E-state index contributed by atoms with van der Waals surface area (Å²) >= 11 is 12.2. The van der Waals surface area contributed by atoms with Gasteiger partial charge in [0, 0.05) is 21.2 Å². The molecule has 3 nitrogen and oxygen atoms in total. The van der Waals surface area contributed by atoms with Crippen LogP contribution in [0.2, 0.25) is 10.0 Å². The molecule has 0 amide bonds. The first kappa shape index (κ1) is 20.6. The lowest BCUT2D eigenvalue weighted by Gasteiger charge is -2.07. The summed E-state index contributed by atoms with van der Waals surface area (Å²) in [6.45, 7) is 1.15. The van der Waals surface area contributed by atoms with Crippen molar-refractivity contribution < 1.29 is 8.83 Å². The molecule has 144 valence electrons. The smallest absolute Gasteiger partial charge is 0.125 e. The predicted molar refractivity (Wildman–Crippen MR) is 116 cm³/mol. The SMILES string of the molecule is Cl.Clc1cccc(-c2ccoc2CNCc2occc2-c2cccc(Cl)c2)c1. The first-order chi connectivity index (χ1) is 13.2. The van der Waals surface area contributed by atoms with E-state index in [0.717, 1.165) is 33.8 Å². The minimum Gasteiger partial charge on any atom is -0.467 e. The fraction of sp³-hybridized carbons (Fsp3) is 0.0909. The lowest BCUT2D eigenvalue weighted by atomic mass is 10.1. The molecule has 2 heterocycles. The van der Waals surface area contributed by atoms with Gasteiger partial charge < -0.3 is 14.2 Å². The maximum Gasteiger partial charge on any atom is 0.125 e. The molecule has 4 rings (SSSR count). The van der Waals surface area contributed by atoms with Crippen LogP contribution in [0.4, 0.5) is 0 Å². The van der Waals surface area contributed by atoms with E-state index in [2.05, 4.69) is 5.32 Å². The number of hydrogen-bond acceptors (Lipinski definition) is 3. The van der Waals surface area contributed by atoms with Gasteiger partial charge in [0.2, 0.25) is 0 Å². The summed E-state index contributed by atoms with van der Waals surface area (Å²) in [6, 6.07) is 19.4. The van der Waals surface area contributed by atoms with Gasteiger partial charge in [0.25, 0.3) is 0 Å². The molecule has 0 radical (unpaired) electrons. The van der Waals surface area contributed by atoms with E-state index >= 15 is 0 Å². The Labute approximate surface area is 179 Å². The number of rotatable bonds is 6. The molecule has 0 aliphatic carbocycles. The second-order valence-electron chi connectivity index (χ2n) is 6.14. The lowest BCUT2D eigenvalue weighted by Crippen LogP contribution is -2.12. The molecule has 0 fully saturated rings. The molecule has 2 aromatic heterocycles. The highest BCUT2D eigenvalue weighted by atomic mass is 35.5. The Hall–Kier alpha value is -2.17. The van der Waals surface area contributed by atoms with Gasteiger partial charge >= 0.3 is 0 Å². The van der Waals surface area contributed by atoms with E-state index in [-0.39, 0.29) is 12.4 Å². The summed E-state index contributed by atoms with van der Waals surface area (Å²) in [5, 5.41) is 4.79. The highest BCUT2D eigenvalue weighted by Gasteiger charge is 2.12. The molecule has 4 aromatic rings. The zero-order valence-electron chi connectivity index (χ0n) is 14.8. The number of hydrogen-bond donors (Lipinski definition) is 1. The molecule has 6 heteroatoms.